The zero-order valence-corrected chi connectivity index (χ0v) is 33.8. The number of allylic oxidation sites excluding steroid dienone is 4. The molecule has 0 heterocycles. The number of hydrogen-bond acceptors (Lipinski definition) is 2. The highest BCUT2D eigenvalue weighted by Crippen LogP contribution is 2.73. The Morgan fingerprint density at radius 2 is 1.46 bits per heavy atom. The highest BCUT2D eigenvalue weighted by atomic mass is 16.4. The molecule has 50 heavy (non-hydrogen) atoms. The number of fused-ring (bicyclic) bond motifs is 5. The molecule has 4 aliphatic carbocycles. The van der Waals surface area contributed by atoms with Gasteiger partial charge in [-0.2, -0.15) is 0 Å². The van der Waals surface area contributed by atoms with Gasteiger partial charge in [0.05, 0.1) is 6.10 Å². The summed E-state index contributed by atoms with van der Waals surface area (Å²) in [6.07, 6.45) is 40.6. The fourth-order valence-corrected chi connectivity index (χ4v) is 12.5. The van der Waals surface area contributed by atoms with Gasteiger partial charge in [-0.15, -0.1) is 0 Å². The van der Waals surface area contributed by atoms with E-state index in [1.54, 1.807) is 17.2 Å². The van der Waals surface area contributed by atoms with E-state index in [4.69, 9.17) is 5.11 Å². The second-order valence-corrected chi connectivity index (χ2v) is 18.7. The standard InChI is InChI=1S/C47H80O3/c1-7-38(36(2)3)25-24-37(4)41-28-29-42-43-27-26-39-35-40(48)30-32-46(39,6)47(43,34-33-45(41,42)5)31-22-20-18-16-14-12-10-8-9-11-13-15-17-19-21-23-44(49)50/h7,21,23,26,36-37,40-43,48H,8-20,22,24-25,27-35H2,1-6H3,(H,49,50)/t37-,40?,41-,42+,43+,45-,46+,47?/m1/s1. The molecule has 0 aromatic carbocycles. The molecule has 0 aromatic rings. The topological polar surface area (TPSA) is 57.5 Å². The maximum atomic E-state index is 10.7. The average molecular weight is 693 g/mol. The molecule has 2 unspecified atom stereocenters. The molecular weight excluding hydrogens is 613 g/mol. The molecule has 0 amide bonds. The largest absolute Gasteiger partial charge is 0.478 e. The second-order valence-electron chi connectivity index (χ2n) is 18.7. The van der Waals surface area contributed by atoms with Crippen molar-refractivity contribution >= 4 is 5.97 Å². The monoisotopic (exact) mass is 693 g/mol. The Morgan fingerprint density at radius 3 is 2.06 bits per heavy atom. The van der Waals surface area contributed by atoms with Crippen LogP contribution in [0.1, 0.15) is 202 Å². The molecule has 8 atom stereocenters. The van der Waals surface area contributed by atoms with Crippen molar-refractivity contribution < 1.29 is 15.0 Å². The molecule has 0 saturated heterocycles. The van der Waals surface area contributed by atoms with Crippen molar-refractivity contribution in [3.8, 4) is 0 Å². The van der Waals surface area contributed by atoms with Crippen molar-refractivity contribution in [1.82, 2.24) is 0 Å². The van der Waals surface area contributed by atoms with Gasteiger partial charge in [-0.1, -0.05) is 141 Å². The smallest absolute Gasteiger partial charge is 0.327 e. The predicted molar refractivity (Wildman–Crippen MR) is 213 cm³/mol. The van der Waals surface area contributed by atoms with Crippen LogP contribution >= 0.6 is 0 Å². The summed E-state index contributed by atoms with van der Waals surface area (Å²) in [5.74, 6) is 3.23. The summed E-state index contributed by atoms with van der Waals surface area (Å²) < 4.78 is 0. The average Bonchev–Trinajstić information content (AvgIpc) is 3.43. The lowest BCUT2D eigenvalue weighted by Gasteiger charge is -2.66. The van der Waals surface area contributed by atoms with Gasteiger partial charge in [0.15, 0.2) is 0 Å². The third-order valence-corrected chi connectivity index (χ3v) is 15.6. The summed E-state index contributed by atoms with van der Waals surface area (Å²) >= 11 is 0. The van der Waals surface area contributed by atoms with Crippen molar-refractivity contribution in [3.63, 3.8) is 0 Å². The summed E-state index contributed by atoms with van der Waals surface area (Å²) in [4.78, 5) is 10.5. The number of unbranched alkanes of at least 4 members (excludes halogenated alkanes) is 13. The Labute approximate surface area is 309 Å². The van der Waals surface area contributed by atoms with Gasteiger partial charge >= 0.3 is 5.97 Å². The number of hydrogen-bond donors (Lipinski definition) is 2. The Morgan fingerprint density at radius 1 is 0.840 bits per heavy atom. The first-order valence-electron chi connectivity index (χ1n) is 21.9. The lowest BCUT2D eigenvalue weighted by molar-refractivity contribution is -0.134. The van der Waals surface area contributed by atoms with Crippen molar-refractivity contribution in [1.29, 1.82) is 0 Å². The first-order chi connectivity index (χ1) is 24.0. The zero-order valence-electron chi connectivity index (χ0n) is 33.8. The molecule has 0 radical (unpaired) electrons. The summed E-state index contributed by atoms with van der Waals surface area (Å²) in [7, 11) is 0. The Bertz CT molecular complexity index is 1130. The molecule has 0 aliphatic heterocycles. The van der Waals surface area contributed by atoms with Crippen LogP contribution in [0.2, 0.25) is 0 Å². The molecule has 0 bridgehead atoms. The summed E-state index contributed by atoms with van der Waals surface area (Å²) in [6.45, 7) is 15.0. The molecule has 4 rings (SSSR count). The van der Waals surface area contributed by atoms with Gasteiger partial charge in [0, 0.05) is 6.08 Å². The normalized spacial score (nSPS) is 33.3. The molecule has 3 fully saturated rings. The number of rotatable bonds is 22. The molecule has 3 heteroatoms. The minimum absolute atomic E-state index is 0.124. The van der Waals surface area contributed by atoms with Crippen LogP contribution in [0, 0.1) is 45.8 Å². The summed E-state index contributed by atoms with van der Waals surface area (Å²) in [6, 6.07) is 0. The van der Waals surface area contributed by atoms with E-state index in [1.807, 2.05) is 0 Å². The van der Waals surface area contributed by atoms with Gasteiger partial charge in [0.2, 0.25) is 0 Å². The molecular formula is C47H80O3. The van der Waals surface area contributed by atoms with E-state index in [1.165, 1.54) is 141 Å². The van der Waals surface area contributed by atoms with E-state index in [9.17, 15) is 9.90 Å². The molecule has 3 nitrogen and oxygen atoms in total. The fourth-order valence-electron chi connectivity index (χ4n) is 12.5. The molecule has 4 aliphatic rings. The molecule has 3 saturated carbocycles. The maximum Gasteiger partial charge on any atom is 0.327 e. The number of carboxylic acids is 1. The minimum Gasteiger partial charge on any atom is -0.478 e. The van der Waals surface area contributed by atoms with E-state index < -0.39 is 5.97 Å². The quantitative estimate of drug-likeness (QED) is 0.0674. The predicted octanol–water partition coefficient (Wildman–Crippen LogP) is 13.8. The van der Waals surface area contributed by atoms with Crippen molar-refractivity contribution in [3.05, 3.63) is 35.5 Å². The zero-order chi connectivity index (χ0) is 36.2. The van der Waals surface area contributed by atoms with Crippen molar-refractivity contribution in [2.24, 2.45) is 45.8 Å². The summed E-state index contributed by atoms with van der Waals surface area (Å²) in [5, 5.41) is 19.4. The Kier molecular flexibility index (Phi) is 16.3. The lowest BCUT2D eigenvalue weighted by atomic mass is 9.39. The Balaban J connectivity index is 1.24. The van der Waals surface area contributed by atoms with Crippen LogP contribution in [0.15, 0.2) is 35.5 Å². The van der Waals surface area contributed by atoms with Crippen LogP contribution in [0.25, 0.3) is 0 Å². The van der Waals surface area contributed by atoms with Gasteiger partial charge in [0.1, 0.15) is 0 Å². The summed E-state index contributed by atoms with van der Waals surface area (Å²) in [5.41, 5.74) is 4.51. The second kappa shape index (κ2) is 19.6. The SMILES string of the molecule is CC=C(CC[C@@H](C)[C@H]1CC[C@H]2[C@@H]3CC=C4CC(O)CC[C@]4(C)C3(CCCCCCCCCCCCCCCC=CC(=O)O)CC[C@]12C)C(C)C. The van der Waals surface area contributed by atoms with Gasteiger partial charge in [-0.25, -0.2) is 4.79 Å². The van der Waals surface area contributed by atoms with E-state index in [2.05, 4.69) is 53.7 Å². The maximum absolute atomic E-state index is 10.7. The van der Waals surface area contributed by atoms with E-state index >= 15 is 0 Å². The third kappa shape index (κ3) is 9.99. The molecule has 0 aromatic heterocycles. The first kappa shape index (κ1) is 41.4. The fraction of sp³-hybridized carbons (Fsp3) is 0.851. The molecule has 2 N–H and O–H groups in total. The lowest BCUT2D eigenvalue weighted by Crippen LogP contribution is -2.58. The van der Waals surface area contributed by atoms with Gasteiger partial charge in [-0.05, 0) is 136 Å². The molecule has 0 spiro atoms. The number of carboxylic acid groups (broad SMARTS) is 1. The van der Waals surface area contributed by atoms with Crippen LogP contribution in [-0.2, 0) is 4.79 Å². The van der Waals surface area contributed by atoms with Gasteiger partial charge in [-0.3, -0.25) is 0 Å². The van der Waals surface area contributed by atoms with Crippen LogP contribution in [-0.4, -0.2) is 22.3 Å². The van der Waals surface area contributed by atoms with Crippen LogP contribution in [0.4, 0.5) is 0 Å². The highest BCUT2D eigenvalue weighted by molar-refractivity contribution is 5.79. The number of carbonyl (C=O) groups is 1. The number of aliphatic carboxylic acids is 1. The van der Waals surface area contributed by atoms with Gasteiger partial charge < -0.3 is 10.2 Å². The minimum atomic E-state index is -0.833. The van der Waals surface area contributed by atoms with Gasteiger partial charge in [0.25, 0.3) is 0 Å². The third-order valence-electron chi connectivity index (χ3n) is 15.6. The first-order valence-corrected chi connectivity index (χ1v) is 21.9. The van der Waals surface area contributed by atoms with Crippen LogP contribution < -0.4 is 0 Å². The Hall–Kier alpha value is -1.35. The molecule has 286 valence electrons. The van der Waals surface area contributed by atoms with E-state index in [0.717, 1.165) is 49.4 Å². The van der Waals surface area contributed by atoms with Crippen molar-refractivity contribution in [2.45, 2.75) is 208 Å². The van der Waals surface area contributed by atoms with E-state index in [-0.39, 0.29) is 11.5 Å². The highest BCUT2D eigenvalue weighted by Gasteiger charge is 2.65. The van der Waals surface area contributed by atoms with Crippen LogP contribution in [0.5, 0.6) is 0 Å². The van der Waals surface area contributed by atoms with E-state index in [0.29, 0.717) is 16.7 Å². The number of aliphatic hydroxyl groups is 1. The van der Waals surface area contributed by atoms with Crippen molar-refractivity contribution in [2.75, 3.05) is 0 Å². The number of aliphatic hydroxyl groups excluding tert-OH is 1. The van der Waals surface area contributed by atoms with Crippen LogP contribution in [0.3, 0.4) is 0 Å².